The van der Waals surface area contributed by atoms with Gasteiger partial charge in [-0.25, -0.2) is 9.97 Å². The van der Waals surface area contributed by atoms with Crippen LogP contribution in [0.15, 0.2) is 29.8 Å². The van der Waals surface area contributed by atoms with Crippen molar-refractivity contribution in [3.05, 3.63) is 46.0 Å². The van der Waals surface area contributed by atoms with Crippen molar-refractivity contribution in [2.75, 3.05) is 0 Å². The minimum Gasteiger partial charge on any atom is -0.304 e. The quantitative estimate of drug-likeness (QED) is 0.679. The maximum atomic E-state index is 6.04. The second kappa shape index (κ2) is 4.94. The van der Waals surface area contributed by atoms with E-state index >= 15 is 0 Å². The highest BCUT2D eigenvalue weighted by atomic mass is 35.5. The van der Waals surface area contributed by atoms with E-state index in [1.54, 1.807) is 11.3 Å². The Balaban J connectivity index is 2.21. The summed E-state index contributed by atoms with van der Waals surface area (Å²) >= 11 is 7.78. The number of fused-ring (bicyclic) bond motifs is 1. The van der Waals surface area contributed by atoms with Crippen molar-refractivity contribution in [3.8, 4) is 0 Å². The average molecular weight is 292 g/mol. The molecule has 0 aromatic carbocycles. The molecule has 0 bridgehead atoms. The average Bonchev–Trinajstić information content (AvgIpc) is 3.04. The van der Waals surface area contributed by atoms with Crippen LogP contribution in [0.2, 0.25) is 0 Å². The molecular formula is C14H14ClN3S. The highest BCUT2D eigenvalue weighted by molar-refractivity contribution is 7.10. The minimum atomic E-state index is 0.203. The highest BCUT2D eigenvalue weighted by Crippen LogP contribution is 2.28. The molecule has 0 saturated carbocycles. The number of hydrogen-bond acceptors (Lipinski definition) is 3. The molecule has 5 heteroatoms. The lowest BCUT2D eigenvalue weighted by Crippen LogP contribution is -2.09. The van der Waals surface area contributed by atoms with Crippen LogP contribution in [0.5, 0.6) is 0 Å². The molecule has 0 aliphatic carbocycles. The molecule has 0 aliphatic heterocycles. The minimum absolute atomic E-state index is 0.203. The van der Waals surface area contributed by atoms with Gasteiger partial charge in [-0.15, -0.1) is 22.9 Å². The van der Waals surface area contributed by atoms with Crippen LogP contribution in [0, 0.1) is 6.92 Å². The second-order valence-corrected chi connectivity index (χ2v) is 5.82. The highest BCUT2D eigenvalue weighted by Gasteiger charge is 2.18. The zero-order valence-electron chi connectivity index (χ0n) is 10.8. The summed E-state index contributed by atoms with van der Waals surface area (Å²) in [6.07, 6.45) is 1.87. The zero-order chi connectivity index (χ0) is 13.4. The van der Waals surface area contributed by atoms with Crippen molar-refractivity contribution in [2.45, 2.75) is 25.8 Å². The lowest BCUT2D eigenvalue weighted by atomic mass is 10.2. The summed E-state index contributed by atoms with van der Waals surface area (Å²) in [4.78, 5) is 10.4. The van der Waals surface area contributed by atoms with Gasteiger partial charge in [0.05, 0.1) is 11.9 Å². The van der Waals surface area contributed by atoms with Gasteiger partial charge in [0, 0.05) is 11.1 Å². The van der Waals surface area contributed by atoms with Gasteiger partial charge in [0.25, 0.3) is 0 Å². The van der Waals surface area contributed by atoms with E-state index in [-0.39, 0.29) is 6.04 Å². The Morgan fingerprint density at radius 2 is 2.32 bits per heavy atom. The van der Waals surface area contributed by atoms with E-state index in [4.69, 9.17) is 11.6 Å². The molecule has 1 atom stereocenters. The molecule has 19 heavy (non-hydrogen) atoms. The van der Waals surface area contributed by atoms with E-state index in [9.17, 15) is 0 Å². The van der Waals surface area contributed by atoms with Crippen molar-refractivity contribution in [3.63, 3.8) is 0 Å². The van der Waals surface area contributed by atoms with Crippen molar-refractivity contribution in [1.82, 2.24) is 14.5 Å². The molecule has 98 valence electrons. The molecule has 3 aromatic rings. The molecule has 3 heterocycles. The van der Waals surface area contributed by atoms with Gasteiger partial charge in [-0.1, -0.05) is 6.07 Å². The van der Waals surface area contributed by atoms with Gasteiger partial charge in [-0.2, -0.15) is 0 Å². The molecule has 0 amide bonds. The summed E-state index contributed by atoms with van der Waals surface area (Å²) in [5.41, 5.74) is 2.93. The van der Waals surface area contributed by atoms with Crippen LogP contribution >= 0.6 is 22.9 Å². The van der Waals surface area contributed by atoms with E-state index in [0.717, 1.165) is 22.6 Å². The number of thiophene rings is 1. The third-order valence-electron chi connectivity index (χ3n) is 3.20. The van der Waals surface area contributed by atoms with E-state index < -0.39 is 0 Å². The number of imidazole rings is 1. The van der Waals surface area contributed by atoms with Gasteiger partial charge in [0.2, 0.25) is 0 Å². The van der Waals surface area contributed by atoms with Gasteiger partial charge in [-0.3, -0.25) is 0 Å². The van der Waals surface area contributed by atoms with Crippen molar-refractivity contribution < 1.29 is 0 Å². The molecular weight excluding hydrogens is 278 g/mol. The van der Waals surface area contributed by atoms with Gasteiger partial charge in [-0.05, 0) is 36.9 Å². The maximum Gasteiger partial charge on any atom is 0.160 e. The van der Waals surface area contributed by atoms with Crippen molar-refractivity contribution >= 4 is 34.1 Å². The van der Waals surface area contributed by atoms with E-state index in [0.29, 0.717) is 5.88 Å². The monoisotopic (exact) mass is 291 g/mol. The Morgan fingerprint density at radius 1 is 1.47 bits per heavy atom. The van der Waals surface area contributed by atoms with Gasteiger partial charge < -0.3 is 4.57 Å². The Hall–Kier alpha value is -1.39. The number of alkyl halides is 1. The Labute approximate surface area is 120 Å². The number of halogens is 1. The summed E-state index contributed by atoms with van der Waals surface area (Å²) in [6, 6.07) is 6.45. The van der Waals surface area contributed by atoms with Crippen molar-refractivity contribution in [2.24, 2.45) is 0 Å². The smallest absolute Gasteiger partial charge is 0.160 e. The molecule has 0 aliphatic rings. The third-order valence-corrected chi connectivity index (χ3v) is 4.48. The van der Waals surface area contributed by atoms with Gasteiger partial charge in [0.15, 0.2) is 5.65 Å². The number of aromatic nitrogens is 3. The number of pyridine rings is 1. The first-order chi connectivity index (χ1) is 9.20. The molecule has 1 unspecified atom stereocenters. The summed E-state index contributed by atoms with van der Waals surface area (Å²) in [5, 5.41) is 2.09. The van der Waals surface area contributed by atoms with Gasteiger partial charge >= 0.3 is 0 Å². The molecule has 0 fully saturated rings. The van der Waals surface area contributed by atoms with E-state index in [2.05, 4.69) is 45.0 Å². The van der Waals surface area contributed by atoms with Crippen LogP contribution in [-0.2, 0) is 5.88 Å². The normalized spacial score (nSPS) is 13.0. The number of nitrogens with zero attached hydrogens (tertiary/aromatic N) is 3. The fraction of sp³-hybridized carbons (Fsp3) is 0.286. The third kappa shape index (κ3) is 2.15. The summed E-state index contributed by atoms with van der Waals surface area (Å²) in [7, 11) is 0. The number of hydrogen-bond donors (Lipinski definition) is 0. The summed E-state index contributed by atoms with van der Waals surface area (Å²) in [5.74, 6) is 1.26. The largest absolute Gasteiger partial charge is 0.304 e. The van der Waals surface area contributed by atoms with Crippen LogP contribution in [0.3, 0.4) is 0 Å². The van der Waals surface area contributed by atoms with Crippen LogP contribution < -0.4 is 0 Å². The first-order valence-electron chi connectivity index (χ1n) is 6.13. The fourth-order valence-electron chi connectivity index (χ4n) is 2.29. The number of aryl methyl sites for hydroxylation is 1. The summed E-state index contributed by atoms with van der Waals surface area (Å²) < 4.78 is 2.13. The lowest BCUT2D eigenvalue weighted by molar-refractivity contribution is 0.639. The molecule has 3 rings (SSSR count). The predicted octanol–water partition coefficient (Wildman–Crippen LogP) is 4.15. The molecule has 0 radical (unpaired) electrons. The molecule has 3 aromatic heterocycles. The maximum absolute atomic E-state index is 6.04. The Bertz CT molecular complexity index is 703. The topological polar surface area (TPSA) is 30.7 Å². The SMILES string of the molecule is Cc1cnc2c(c1)nc(CCl)n2C(C)c1cccs1. The lowest BCUT2D eigenvalue weighted by Gasteiger charge is -2.14. The van der Waals surface area contributed by atoms with Crippen LogP contribution in [0.4, 0.5) is 0 Å². The molecule has 3 nitrogen and oxygen atoms in total. The molecule has 0 N–H and O–H groups in total. The Morgan fingerprint density at radius 3 is 3.00 bits per heavy atom. The summed E-state index contributed by atoms with van der Waals surface area (Å²) in [6.45, 7) is 4.18. The first kappa shape index (κ1) is 12.6. The van der Waals surface area contributed by atoms with Crippen LogP contribution in [0.1, 0.15) is 29.2 Å². The predicted molar refractivity (Wildman–Crippen MR) is 80.0 cm³/mol. The molecule has 0 saturated heterocycles. The van der Waals surface area contributed by atoms with Crippen molar-refractivity contribution in [1.29, 1.82) is 0 Å². The Kier molecular flexibility index (Phi) is 3.29. The molecule has 0 spiro atoms. The van der Waals surface area contributed by atoms with E-state index in [1.165, 1.54) is 4.88 Å². The second-order valence-electron chi connectivity index (χ2n) is 4.58. The van der Waals surface area contributed by atoms with Gasteiger partial charge in [0.1, 0.15) is 11.3 Å². The zero-order valence-corrected chi connectivity index (χ0v) is 12.4. The van der Waals surface area contributed by atoms with Crippen LogP contribution in [-0.4, -0.2) is 14.5 Å². The fourth-order valence-corrected chi connectivity index (χ4v) is 3.25. The van der Waals surface area contributed by atoms with E-state index in [1.807, 2.05) is 13.1 Å². The van der Waals surface area contributed by atoms with Crippen LogP contribution in [0.25, 0.3) is 11.2 Å². The first-order valence-corrected chi connectivity index (χ1v) is 7.55. The number of rotatable bonds is 3. The standard InChI is InChI=1S/C14H14ClN3S/c1-9-6-11-14(16-8-9)18(13(7-15)17-11)10(2)12-4-3-5-19-12/h3-6,8,10H,7H2,1-2H3.